The third kappa shape index (κ3) is 3.30. The lowest BCUT2D eigenvalue weighted by Gasteiger charge is -2.31. The van der Waals surface area contributed by atoms with Crippen LogP contribution in [0.5, 0.6) is 0 Å². The van der Waals surface area contributed by atoms with Crippen LogP contribution in [0.2, 0.25) is 0 Å². The van der Waals surface area contributed by atoms with E-state index in [1.54, 1.807) is 0 Å². The Labute approximate surface area is 99.8 Å². The second-order valence-electron chi connectivity index (χ2n) is 4.22. The van der Waals surface area contributed by atoms with Crippen LogP contribution in [0.25, 0.3) is 0 Å². The molecule has 3 heteroatoms. The fourth-order valence-electron chi connectivity index (χ4n) is 2.05. The molecule has 1 saturated heterocycles. The SMILES string of the molecule is C[C@@H]1CN(Cc2cccc(Br)c2)CCN1. The first-order chi connectivity index (χ1) is 7.24. The normalized spacial score (nSPS) is 22.9. The maximum Gasteiger partial charge on any atom is 0.0235 e. The summed E-state index contributed by atoms with van der Waals surface area (Å²) in [5.41, 5.74) is 1.39. The Morgan fingerprint density at radius 1 is 1.53 bits per heavy atom. The second kappa shape index (κ2) is 5.10. The molecule has 1 atom stereocenters. The van der Waals surface area contributed by atoms with E-state index < -0.39 is 0 Å². The number of nitrogens with zero attached hydrogens (tertiary/aromatic N) is 1. The van der Waals surface area contributed by atoms with E-state index in [9.17, 15) is 0 Å². The Bertz CT molecular complexity index is 327. The van der Waals surface area contributed by atoms with E-state index in [1.165, 1.54) is 10.0 Å². The molecule has 1 aliphatic rings. The summed E-state index contributed by atoms with van der Waals surface area (Å²) in [6, 6.07) is 9.19. The lowest BCUT2D eigenvalue weighted by molar-refractivity contribution is 0.199. The standard InChI is InChI=1S/C12H17BrN2/c1-10-8-15(6-5-14-10)9-11-3-2-4-12(13)7-11/h2-4,7,10,14H,5-6,8-9H2,1H3/t10-/m1/s1. The van der Waals surface area contributed by atoms with E-state index >= 15 is 0 Å². The molecule has 1 aliphatic heterocycles. The summed E-state index contributed by atoms with van der Waals surface area (Å²) >= 11 is 3.51. The first-order valence-corrected chi connectivity index (χ1v) is 6.23. The molecule has 0 amide bonds. The van der Waals surface area contributed by atoms with Gasteiger partial charge in [0, 0.05) is 36.7 Å². The number of rotatable bonds is 2. The van der Waals surface area contributed by atoms with Crippen molar-refractivity contribution in [1.82, 2.24) is 10.2 Å². The van der Waals surface area contributed by atoms with Crippen LogP contribution in [-0.4, -0.2) is 30.6 Å². The molecule has 0 unspecified atom stereocenters. The molecule has 0 aromatic heterocycles. The van der Waals surface area contributed by atoms with Crippen molar-refractivity contribution in [2.75, 3.05) is 19.6 Å². The first-order valence-electron chi connectivity index (χ1n) is 5.44. The molecule has 0 bridgehead atoms. The number of piperazine rings is 1. The van der Waals surface area contributed by atoms with Gasteiger partial charge in [0.05, 0.1) is 0 Å². The van der Waals surface area contributed by atoms with Crippen LogP contribution >= 0.6 is 15.9 Å². The molecule has 0 spiro atoms. The van der Waals surface area contributed by atoms with Crippen LogP contribution in [0.3, 0.4) is 0 Å². The summed E-state index contributed by atoms with van der Waals surface area (Å²) in [5.74, 6) is 0. The minimum Gasteiger partial charge on any atom is -0.312 e. The fraction of sp³-hybridized carbons (Fsp3) is 0.500. The van der Waals surface area contributed by atoms with Gasteiger partial charge in [0.2, 0.25) is 0 Å². The van der Waals surface area contributed by atoms with Crippen LogP contribution in [0.4, 0.5) is 0 Å². The average Bonchev–Trinajstić information content (AvgIpc) is 2.17. The van der Waals surface area contributed by atoms with Gasteiger partial charge < -0.3 is 5.32 Å². The summed E-state index contributed by atoms with van der Waals surface area (Å²) in [6.45, 7) is 6.71. The number of benzene rings is 1. The van der Waals surface area contributed by atoms with Crippen molar-refractivity contribution in [3.8, 4) is 0 Å². The van der Waals surface area contributed by atoms with Crippen molar-refractivity contribution in [3.05, 3.63) is 34.3 Å². The maximum absolute atomic E-state index is 3.51. The third-order valence-electron chi connectivity index (χ3n) is 2.75. The van der Waals surface area contributed by atoms with Crippen molar-refractivity contribution in [3.63, 3.8) is 0 Å². The van der Waals surface area contributed by atoms with Gasteiger partial charge in [-0.25, -0.2) is 0 Å². The van der Waals surface area contributed by atoms with Gasteiger partial charge in [0.1, 0.15) is 0 Å². The van der Waals surface area contributed by atoms with Gasteiger partial charge in [0.25, 0.3) is 0 Å². The van der Waals surface area contributed by atoms with Crippen LogP contribution in [0.15, 0.2) is 28.7 Å². The Morgan fingerprint density at radius 3 is 3.13 bits per heavy atom. The highest BCUT2D eigenvalue weighted by Gasteiger charge is 2.15. The predicted octanol–water partition coefficient (Wildman–Crippen LogP) is 2.24. The van der Waals surface area contributed by atoms with Crippen molar-refractivity contribution in [2.24, 2.45) is 0 Å². The molecule has 82 valence electrons. The van der Waals surface area contributed by atoms with Gasteiger partial charge in [-0.3, -0.25) is 4.90 Å². The Kier molecular flexibility index (Phi) is 3.78. The van der Waals surface area contributed by atoms with Crippen molar-refractivity contribution < 1.29 is 0 Å². The molecular formula is C12H17BrN2. The molecule has 15 heavy (non-hydrogen) atoms. The lowest BCUT2D eigenvalue weighted by Crippen LogP contribution is -2.48. The summed E-state index contributed by atoms with van der Waals surface area (Å²) in [4.78, 5) is 2.50. The Morgan fingerprint density at radius 2 is 2.40 bits per heavy atom. The van der Waals surface area contributed by atoms with E-state index in [2.05, 4.69) is 57.3 Å². The van der Waals surface area contributed by atoms with E-state index in [-0.39, 0.29) is 0 Å². The molecule has 1 aromatic rings. The molecule has 0 aliphatic carbocycles. The van der Waals surface area contributed by atoms with Crippen LogP contribution in [0.1, 0.15) is 12.5 Å². The fourth-order valence-corrected chi connectivity index (χ4v) is 2.50. The molecule has 1 heterocycles. The maximum atomic E-state index is 3.51. The van der Waals surface area contributed by atoms with Crippen molar-refractivity contribution in [2.45, 2.75) is 19.5 Å². The largest absolute Gasteiger partial charge is 0.312 e. The number of halogens is 1. The van der Waals surface area contributed by atoms with Gasteiger partial charge >= 0.3 is 0 Å². The predicted molar refractivity (Wildman–Crippen MR) is 66.9 cm³/mol. The summed E-state index contributed by atoms with van der Waals surface area (Å²) < 4.78 is 1.17. The number of hydrogen-bond donors (Lipinski definition) is 1. The molecule has 1 aromatic carbocycles. The van der Waals surface area contributed by atoms with Gasteiger partial charge in [-0.1, -0.05) is 28.1 Å². The second-order valence-corrected chi connectivity index (χ2v) is 5.14. The lowest BCUT2D eigenvalue weighted by atomic mass is 10.1. The minimum absolute atomic E-state index is 0.617. The van der Waals surface area contributed by atoms with Gasteiger partial charge in [-0.2, -0.15) is 0 Å². The zero-order valence-corrected chi connectivity index (χ0v) is 10.6. The highest BCUT2D eigenvalue weighted by atomic mass is 79.9. The Balaban J connectivity index is 1.96. The molecule has 1 N–H and O–H groups in total. The first kappa shape index (κ1) is 11.1. The van der Waals surface area contributed by atoms with Gasteiger partial charge in [-0.05, 0) is 24.6 Å². The molecule has 0 radical (unpaired) electrons. The highest BCUT2D eigenvalue weighted by Crippen LogP contribution is 2.14. The summed E-state index contributed by atoms with van der Waals surface area (Å²) in [6.07, 6.45) is 0. The summed E-state index contributed by atoms with van der Waals surface area (Å²) in [5, 5.41) is 3.46. The zero-order valence-electron chi connectivity index (χ0n) is 9.04. The van der Waals surface area contributed by atoms with E-state index in [1.807, 2.05) is 0 Å². The van der Waals surface area contributed by atoms with Crippen LogP contribution in [0, 0.1) is 0 Å². The van der Waals surface area contributed by atoms with Crippen LogP contribution < -0.4 is 5.32 Å². The van der Waals surface area contributed by atoms with Gasteiger partial charge in [-0.15, -0.1) is 0 Å². The topological polar surface area (TPSA) is 15.3 Å². The number of nitrogens with one attached hydrogen (secondary N) is 1. The molecular weight excluding hydrogens is 252 g/mol. The van der Waals surface area contributed by atoms with Crippen molar-refractivity contribution >= 4 is 15.9 Å². The van der Waals surface area contributed by atoms with Crippen LogP contribution in [-0.2, 0) is 6.54 Å². The monoisotopic (exact) mass is 268 g/mol. The molecule has 1 fully saturated rings. The minimum atomic E-state index is 0.617. The quantitative estimate of drug-likeness (QED) is 0.885. The molecule has 0 saturated carbocycles. The van der Waals surface area contributed by atoms with Crippen molar-refractivity contribution in [1.29, 1.82) is 0 Å². The zero-order chi connectivity index (χ0) is 10.7. The van der Waals surface area contributed by atoms with E-state index in [4.69, 9.17) is 0 Å². The average molecular weight is 269 g/mol. The smallest absolute Gasteiger partial charge is 0.0235 e. The summed E-state index contributed by atoms with van der Waals surface area (Å²) in [7, 11) is 0. The Hall–Kier alpha value is -0.380. The van der Waals surface area contributed by atoms with E-state index in [0.29, 0.717) is 6.04 Å². The van der Waals surface area contributed by atoms with E-state index in [0.717, 1.165) is 26.2 Å². The highest BCUT2D eigenvalue weighted by molar-refractivity contribution is 9.10. The molecule has 2 nitrogen and oxygen atoms in total. The van der Waals surface area contributed by atoms with Gasteiger partial charge in [0.15, 0.2) is 0 Å². The third-order valence-corrected chi connectivity index (χ3v) is 3.24. The number of hydrogen-bond acceptors (Lipinski definition) is 2. The molecule has 2 rings (SSSR count).